The van der Waals surface area contributed by atoms with Gasteiger partial charge in [-0.25, -0.2) is 4.79 Å². The lowest BCUT2D eigenvalue weighted by Gasteiger charge is -2.42. The van der Waals surface area contributed by atoms with Gasteiger partial charge in [0.2, 0.25) is 0 Å². The molecule has 0 aliphatic heterocycles. The number of ether oxygens (including phenoxy) is 1. The average molecular weight is 391 g/mol. The molecule has 0 radical (unpaired) electrons. The van der Waals surface area contributed by atoms with E-state index in [0.717, 1.165) is 37.0 Å². The third-order valence-corrected chi connectivity index (χ3v) is 5.11. The Morgan fingerprint density at radius 2 is 1.64 bits per heavy atom. The quantitative estimate of drug-likeness (QED) is 0.755. The topological polar surface area (TPSA) is 55.4 Å². The molecule has 2 aromatic carbocycles. The minimum atomic E-state index is -4.68. The van der Waals surface area contributed by atoms with Gasteiger partial charge in [0.15, 0.2) is 6.61 Å². The van der Waals surface area contributed by atoms with E-state index in [4.69, 9.17) is 4.74 Å². The summed E-state index contributed by atoms with van der Waals surface area (Å²) in [5.41, 5.74) is -0.692. The average Bonchev–Trinajstić information content (AvgIpc) is 2.65. The fourth-order valence-electron chi connectivity index (χ4n) is 3.40. The predicted octanol–water partition coefficient (Wildman–Crippen LogP) is 4.10. The second-order valence-electron chi connectivity index (χ2n) is 6.90. The summed E-state index contributed by atoms with van der Waals surface area (Å²) in [6.07, 6.45) is -1.73. The van der Waals surface area contributed by atoms with Crippen LogP contribution in [0.4, 0.5) is 13.2 Å². The number of carbonyl (C=O) groups is 2. The second-order valence-corrected chi connectivity index (χ2v) is 6.90. The van der Waals surface area contributed by atoms with Crippen LogP contribution in [0, 0.1) is 0 Å². The third kappa shape index (κ3) is 4.35. The van der Waals surface area contributed by atoms with Crippen molar-refractivity contribution in [3.63, 3.8) is 0 Å². The highest BCUT2D eigenvalue weighted by Gasteiger charge is 2.39. The van der Waals surface area contributed by atoms with E-state index in [2.05, 4.69) is 5.32 Å². The van der Waals surface area contributed by atoms with Crippen LogP contribution < -0.4 is 5.32 Å². The van der Waals surface area contributed by atoms with Crippen molar-refractivity contribution in [3.8, 4) is 0 Å². The maximum atomic E-state index is 13.0. The van der Waals surface area contributed by atoms with E-state index in [9.17, 15) is 22.8 Å². The Kier molecular flexibility index (Phi) is 5.72. The van der Waals surface area contributed by atoms with Crippen molar-refractivity contribution in [3.05, 3.63) is 71.3 Å². The normalized spacial score (nSPS) is 15.4. The van der Waals surface area contributed by atoms with E-state index in [-0.39, 0.29) is 5.41 Å². The van der Waals surface area contributed by atoms with Gasteiger partial charge in [-0.2, -0.15) is 13.2 Å². The van der Waals surface area contributed by atoms with Crippen molar-refractivity contribution in [2.24, 2.45) is 0 Å². The molecular weight excluding hydrogens is 371 g/mol. The molecule has 1 amide bonds. The largest absolute Gasteiger partial charge is 0.452 e. The van der Waals surface area contributed by atoms with Crippen LogP contribution in [0.15, 0.2) is 54.6 Å². The molecule has 0 heterocycles. The molecule has 1 aliphatic carbocycles. The first-order valence-corrected chi connectivity index (χ1v) is 8.97. The SMILES string of the molecule is O=C(COC(=O)c1ccccc1C(F)(F)F)NCC1(c2ccccc2)CCC1. The van der Waals surface area contributed by atoms with Gasteiger partial charge < -0.3 is 10.1 Å². The van der Waals surface area contributed by atoms with Gasteiger partial charge in [0.25, 0.3) is 5.91 Å². The second kappa shape index (κ2) is 8.04. The van der Waals surface area contributed by atoms with Gasteiger partial charge in [-0.1, -0.05) is 48.9 Å². The number of alkyl halides is 3. The number of nitrogens with one attached hydrogen (secondary N) is 1. The highest BCUT2D eigenvalue weighted by Crippen LogP contribution is 2.43. The number of esters is 1. The Hall–Kier alpha value is -2.83. The number of benzene rings is 2. The molecule has 1 fully saturated rings. The van der Waals surface area contributed by atoms with Gasteiger partial charge in [0, 0.05) is 12.0 Å². The maximum Gasteiger partial charge on any atom is 0.417 e. The van der Waals surface area contributed by atoms with Gasteiger partial charge in [-0.05, 0) is 30.5 Å². The van der Waals surface area contributed by atoms with E-state index >= 15 is 0 Å². The van der Waals surface area contributed by atoms with Crippen LogP contribution in [0.5, 0.6) is 0 Å². The molecule has 2 aromatic rings. The summed E-state index contributed by atoms with van der Waals surface area (Å²) < 4.78 is 43.7. The molecule has 0 unspecified atom stereocenters. The summed E-state index contributed by atoms with van der Waals surface area (Å²) in [5.74, 6) is -1.72. The Morgan fingerprint density at radius 1 is 1.00 bits per heavy atom. The first-order valence-electron chi connectivity index (χ1n) is 8.97. The van der Waals surface area contributed by atoms with Crippen LogP contribution in [0.2, 0.25) is 0 Å². The van der Waals surface area contributed by atoms with Crippen molar-refractivity contribution in [1.29, 1.82) is 0 Å². The van der Waals surface area contributed by atoms with Crippen LogP contribution in [-0.2, 0) is 21.1 Å². The molecule has 7 heteroatoms. The Balaban J connectivity index is 1.56. The van der Waals surface area contributed by atoms with Crippen molar-refractivity contribution in [1.82, 2.24) is 5.32 Å². The zero-order valence-corrected chi connectivity index (χ0v) is 15.1. The van der Waals surface area contributed by atoms with Crippen LogP contribution in [0.1, 0.15) is 40.7 Å². The number of halogens is 3. The number of hydrogen-bond acceptors (Lipinski definition) is 3. The molecule has 1 N–H and O–H groups in total. The minimum Gasteiger partial charge on any atom is -0.452 e. The number of amides is 1. The number of carbonyl (C=O) groups excluding carboxylic acids is 2. The molecular formula is C21H20F3NO3. The molecule has 0 aromatic heterocycles. The molecule has 148 valence electrons. The molecule has 0 bridgehead atoms. The lowest BCUT2D eigenvalue weighted by Crippen LogP contribution is -2.46. The van der Waals surface area contributed by atoms with Crippen molar-refractivity contribution in [2.75, 3.05) is 13.2 Å². The standard InChI is InChI=1S/C21H20F3NO3/c22-21(23,24)17-10-5-4-9-16(17)19(27)28-13-18(26)25-14-20(11-6-12-20)15-7-2-1-3-8-15/h1-5,7-10H,6,11-14H2,(H,25,26). The monoisotopic (exact) mass is 391 g/mol. The molecule has 3 rings (SSSR count). The lowest BCUT2D eigenvalue weighted by molar-refractivity contribution is -0.138. The highest BCUT2D eigenvalue weighted by molar-refractivity contribution is 5.93. The van der Waals surface area contributed by atoms with E-state index in [0.29, 0.717) is 6.54 Å². The van der Waals surface area contributed by atoms with Crippen LogP contribution in [0.25, 0.3) is 0 Å². The van der Waals surface area contributed by atoms with E-state index in [1.165, 1.54) is 12.1 Å². The summed E-state index contributed by atoms with van der Waals surface area (Å²) >= 11 is 0. The third-order valence-electron chi connectivity index (χ3n) is 5.11. The molecule has 28 heavy (non-hydrogen) atoms. The van der Waals surface area contributed by atoms with Gasteiger partial charge in [0.1, 0.15) is 0 Å². The molecule has 0 atom stereocenters. The van der Waals surface area contributed by atoms with Crippen LogP contribution >= 0.6 is 0 Å². The van der Waals surface area contributed by atoms with Gasteiger partial charge in [-0.15, -0.1) is 0 Å². The maximum absolute atomic E-state index is 13.0. The molecule has 1 aliphatic rings. The number of rotatable bonds is 6. The summed E-state index contributed by atoms with van der Waals surface area (Å²) in [6, 6.07) is 14.2. The van der Waals surface area contributed by atoms with Gasteiger partial charge >= 0.3 is 12.1 Å². The van der Waals surface area contributed by atoms with Crippen molar-refractivity contribution >= 4 is 11.9 Å². The zero-order chi connectivity index (χ0) is 20.2. The summed E-state index contributed by atoms with van der Waals surface area (Å²) in [5, 5.41) is 2.74. The fraction of sp³-hybridized carbons (Fsp3) is 0.333. The molecule has 1 saturated carbocycles. The first-order chi connectivity index (χ1) is 13.3. The van der Waals surface area contributed by atoms with E-state index in [1.807, 2.05) is 30.3 Å². The lowest BCUT2D eigenvalue weighted by atomic mass is 9.64. The Morgan fingerprint density at radius 3 is 2.25 bits per heavy atom. The van der Waals surface area contributed by atoms with Gasteiger partial charge in [-0.3, -0.25) is 4.79 Å². The summed E-state index contributed by atoms with van der Waals surface area (Å²) in [7, 11) is 0. The highest BCUT2D eigenvalue weighted by atomic mass is 19.4. The summed E-state index contributed by atoms with van der Waals surface area (Å²) in [6.45, 7) is -0.234. The molecule has 0 saturated heterocycles. The van der Waals surface area contributed by atoms with Crippen LogP contribution in [-0.4, -0.2) is 25.0 Å². The molecule has 4 nitrogen and oxygen atoms in total. The smallest absolute Gasteiger partial charge is 0.417 e. The van der Waals surface area contributed by atoms with Crippen LogP contribution in [0.3, 0.4) is 0 Å². The first kappa shape index (κ1) is 19.9. The van der Waals surface area contributed by atoms with E-state index < -0.39 is 35.8 Å². The Labute approximate surface area is 160 Å². The zero-order valence-electron chi connectivity index (χ0n) is 15.1. The minimum absolute atomic E-state index is 0.135. The van der Waals surface area contributed by atoms with Gasteiger partial charge in [0.05, 0.1) is 11.1 Å². The number of hydrogen-bond donors (Lipinski definition) is 1. The predicted molar refractivity (Wildman–Crippen MR) is 96.7 cm³/mol. The van der Waals surface area contributed by atoms with E-state index in [1.54, 1.807) is 0 Å². The Bertz CT molecular complexity index is 845. The summed E-state index contributed by atoms with van der Waals surface area (Å²) in [4.78, 5) is 24.1. The fourth-order valence-corrected chi connectivity index (χ4v) is 3.40. The van der Waals surface area contributed by atoms with Crippen molar-refractivity contribution in [2.45, 2.75) is 30.9 Å². The molecule has 0 spiro atoms. The van der Waals surface area contributed by atoms with Crippen molar-refractivity contribution < 1.29 is 27.5 Å².